The smallest absolute Gasteiger partial charge is 0.271 e. The topological polar surface area (TPSA) is 116 Å². The number of hydrogen-bond donors (Lipinski definition) is 1. The van der Waals surface area contributed by atoms with Gasteiger partial charge in [0.15, 0.2) is 0 Å². The zero-order valence-corrected chi connectivity index (χ0v) is 14.9. The van der Waals surface area contributed by atoms with Crippen LogP contribution in [0, 0.1) is 10.1 Å². The highest BCUT2D eigenvalue weighted by Gasteiger charge is 2.12. The van der Waals surface area contributed by atoms with Gasteiger partial charge in [0, 0.05) is 29.4 Å². The molecule has 0 aliphatic carbocycles. The molecule has 0 aliphatic rings. The fourth-order valence-corrected chi connectivity index (χ4v) is 2.60. The van der Waals surface area contributed by atoms with Crippen molar-refractivity contribution in [2.75, 3.05) is 12.4 Å². The van der Waals surface area contributed by atoms with E-state index < -0.39 is 16.4 Å². The molecule has 1 N–H and O–H groups in total. The molecule has 1 heterocycles. The minimum absolute atomic E-state index is 0.147. The fraction of sp³-hybridized carbons (Fsp3) is 0.105. The average Bonchev–Trinajstić information content (AvgIpc) is 2.69. The number of ether oxygens (including phenoxy) is 1. The first-order valence-electron chi connectivity index (χ1n) is 8.24. The van der Waals surface area contributed by atoms with Gasteiger partial charge in [0.05, 0.1) is 17.7 Å². The van der Waals surface area contributed by atoms with E-state index in [2.05, 4.69) is 10.4 Å². The lowest BCUT2D eigenvalue weighted by Crippen LogP contribution is -2.29. The molecule has 0 unspecified atom stereocenters. The van der Waals surface area contributed by atoms with E-state index in [1.807, 2.05) is 12.1 Å². The number of nitrogens with one attached hydrogen (secondary N) is 1. The highest BCUT2D eigenvalue weighted by atomic mass is 16.6. The van der Waals surface area contributed by atoms with Crippen LogP contribution in [0.3, 0.4) is 0 Å². The van der Waals surface area contributed by atoms with Crippen LogP contribution >= 0.6 is 0 Å². The number of aromatic nitrogens is 2. The Morgan fingerprint density at radius 1 is 1.18 bits per heavy atom. The molecule has 0 saturated carbocycles. The van der Waals surface area contributed by atoms with Crippen LogP contribution in [-0.2, 0) is 11.3 Å². The summed E-state index contributed by atoms with van der Waals surface area (Å²) in [4.78, 5) is 34.6. The Labute approximate surface area is 159 Å². The molecule has 0 spiro atoms. The minimum atomic E-state index is -0.557. The number of benzene rings is 2. The lowest BCUT2D eigenvalue weighted by Gasteiger charge is -2.10. The number of amides is 1. The van der Waals surface area contributed by atoms with E-state index in [9.17, 15) is 19.7 Å². The predicted molar refractivity (Wildman–Crippen MR) is 102 cm³/mol. The first-order chi connectivity index (χ1) is 13.5. The zero-order chi connectivity index (χ0) is 20.1. The Morgan fingerprint density at radius 3 is 2.71 bits per heavy atom. The van der Waals surface area contributed by atoms with Crippen LogP contribution in [0.2, 0.25) is 0 Å². The summed E-state index contributed by atoms with van der Waals surface area (Å²) in [5.41, 5.74) is 0.810. The van der Waals surface area contributed by atoms with Gasteiger partial charge in [0.1, 0.15) is 12.3 Å². The summed E-state index contributed by atoms with van der Waals surface area (Å²) in [7, 11) is 1.53. The third-order valence-electron chi connectivity index (χ3n) is 3.88. The van der Waals surface area contributed by atoms with E-state index in [0.717, 1.165) is 4.68 Å². The van der Waals surface area contributed by atoms with Crippen LogP contribution in [0.4, 0.5) is 11.4 Å². The molecule has 0 bridgehead atoms. The van der Waals surface area contributed by atoms with Gasteiger partial charge >= 0.3 is 0 Å². The van der Waals surface area contributed by atoms with Crippen LogP contribution in [0.1, 0.15) is 0 Å². The van der Waals surface area contributed by atoms with E-state index in [1.165, 1.54) is 37.4 Å². The van der Waals surface area contributed by atoms with Crippen LogP contribution < -0.4 is 15.6 Å². The van der Waals surface area contributed by atoms with Crippen LogP contribution in [0.25, 0.3) is 11.3 Å². The van der Waals surface area contributed by atoms with E-state index in [1.54, 1.807) is 18.2 Å². The number of non-ortho nitro benzene ring substituents is 1. The van der Waals surface area contributed by atoms with Crippen molar-refractivity contribution in [3.63, 3.8) is 0 Å². The van der Waals surface area contributed by atoms with Crippen molar-refractivity contribution in [1.82, 2.24) is 9.78 Å². The van der Waals surface area contributed by atoms with Gasteiger partial charge in [-0.1, -0.05) is 18.2 Å². The summed E-state index contributed by atoms with van der Waals surface area (Å²) in [6.45, 7) is -0.343. The van der Waals surface area contributed by atoms with Crippen LogP contribution in [0.5, 0.6) is 5.75 Å². The minimum Gasteiger partial charge on any atom is -0.496 e. The van der Waals surface area contributed by atoms with Gasteiger partial charge in [-0.3, -0.25) is 19.7 Å². The van der Waals surface area contributed by atoms with Gasteiger partial charge in [0.25, 0.3) is 11.2 Å². The molecule has 0 fully saturated rings. The summed E-state index contributed by atoms with van der Waals surface area (Å²) in [5.74, 6) is 0.0496. The van der Waals surface area contributed by atoms with E-state index >= 15 is 0 Å². The molecule has 9 heteroatoms. The monoisotopic (exact) mass is 380 g/mol. The number of anilines is 1. The second-order valence-corrected chi connectivity index (χ2v) is 5.77. The molecule has 3 rings (SSSR count). The lowest BCUT2D eigenvalue weighted by molar-refractivity contribution is -0.384. The van der Waals surface area contributed by atoms with Crippen molar-refractivity contribution in [1.29, 1.82) is 0 Å². The molecule has 1 aromatic heterocycles. The summed E-state index contributed by atoms with van der Waals surface area (Å²) >= 11 is 0. The molecule has 9 nitrogen and oxygen atoms in total. The quantitative estimate of drug-likeness (QED) is 0.519. The molecular formula is C19H16N4O5. The second-order valence-electron chi connectivity index (χ2n) is 5.77. The molecule has 2 aromatic carbocycles. The van der Waals surface area contributed by atoms with Gasteiger partial charge in [-0.05, 0) is 24.3 Å². The Kier molecular flexibility index (Phi) is 5.45. The van der Waals surface area contributed by atoms with Crippen molar-refractivity contribution < 1.29 is 14.5 Å². The van der Waals surface area contributed by atoms with E-state index in [0.29, 0.717) is 17.0 Å². The van der Waals surface area contributed by atoms with Crippen molar-refractivity contribution in [2.45, 2.75) is 6.54 Å². The maximum absolute atomic E-state index is 12.3. The summed E-state index contributed by atoms with van der Waals surface area (Å²) in [6.07, 6.45) is 0. The molecule has 0 atom stereocenters. The molecule has 0 saturated heterocycles. The molecule has 3 aromatic rings. The summed E-state index contributed by atoms with van der Waals surface area (Å²) in [5, 5.41) is 17.6. The van der Waals surface area contributed by atoms with E-state index in [-0.39, 0.29) is 17.9 Å². The number of methoxy groups -OCH3 is 1. The number of para-hydroxylation sites is 1. The predicted octanol–water partition coefficient (Wildman–Crippen LogP) is 2.47. The van der Waals surface area contributed by atoms with Gasteiger partial charge in [-0.25, -0.2) is 4.68 Å². The number of nitrogens with zero attached hydrogens (tertiary/aromatic N) is 3. The Hall–Kier alpha value is -4.01. The number of hydrogen-bond acceptors (Lipinski definition) is 6. The maximum atomic E-state index is 12.3. The molecule has 0 radical (unpaired) electrons. The average molecular weight is 380 g/mol. The normalized spacial score (nSPS) is 10.3. The summed E-state index contributed by atoms with van der Waals surface area (Å²) in [6, 6.07) is 15.6. The standard InChI is InChI=1S/C19H16N4O5/c1-28-17-8-3-2-7-15(17)16-9-10-19(25)22(21-16)12-18(24)20-13-5-4-6-14(11-13)23(26)27/h2-11H,12H2,1H3,(H,20,24). The van der Waals surface area contributed by atoms with Gasteiger partial charge in [-0.15, -0.1) is 0 Å². The van der Waals surface area contributed by atoms with Crippen molar-refractivity contribution in [3.8, 4) is 17.0 Å². The molecule has 142 valence electrons. The van der Waals surface area contributed by atoms with Crippen LogP contribution in [-0.4, -0.2) is 27.7 Å². The largest absolute Gasteiger partial charge is 0.496 e. The molecular weight excluding hydrogens is 364 g/mol. The number of nitro benzene ring substituents is 1. The number of rotatable bonds is 6. The SMILES string of the molecule is COc1ccccc1-c1ccc(=O)n(CC(=O)Nc2cccc([N+](=O)[O-])c2)n1. The highest BCUT2D eigenvalue weighted by molar-refractivity contribution is 5.90. The van der Waals surface area contributed by atoms with Gasteiger partial charge in [0.2, 0.25) is 5.91 Å². The maximum Gasteiger partial charge on any atom is 0.271 e. The van der Waals surface area contributed by atoms with Crippen molar-refractivity contribution in [2.24, 2.45) is 0 Å². The third kappa shape index (κ3) is 4.21. The molecule has 28 heavy (non-hydrogen) atoms. The van der Waals surface area contributed by atoms with Crippen LogP contribution in [0.15, 0.2) is 65.5 Å². The molecule has 1 amide bonds. The summed E-state index contributed by atoms with van der Waals surface area (Å²) < 4.78 is 6.32. The second kappa shape index (κ2) is 8.12. The van der Waals surface area contributed by atoms with Gasteiger partial charge < -0.3 is 10.1 Å². The fourth-order valence-electron chi connectivity index (χ4n) is 2.60. The first-order valence-corrected chi connectivity index (χ1v) is 8.24. The molecule has 0 aliphatic heterocycles. The Bertz CT molecular complexity index is 1090. The Balaban J connectivity index is 1.82. The van der Waals surface area contributed by atoms with Gasteiger partial charge in [-0.2, -0.15) is 5.10 Å². The van der Waals surface area contributed by atoms with E-state index in [4.69, 9.17) is 4.74 Å². The lowest BCUT2D eigenvalue weighted by atomic mass is 10.1. The van der Waals surface area contributed by atoms with Crippen molar-refractivity contribution >= 4 is 17.3 Å². The first kappa shape index (κ1) is 18.8. The number of nitro groups is 1. The number of carbonyl (C=O) groups is 1. The van der Waals surface area contributed by atoms with Crippen molar-refractivity contribution in [3.05, 3.63) is 81.1 Å². The zero-order valence-electron chi connectivity index (χ0n) is 14.9. The third-order valence-corrected chi connectivity index (χ3v) is 3.88. The highest BCUT2D eigenvalue weighted by Crippen LogP contribution is 2.27. The Morgan fingerprint density at radius 2 is 1.96 bits per heavy atom. The number of carbonyl (C=O) groups excluding carboxylic acids is 1.